The molecule has 0 spiro atoms. The molecule has 0 aromatic carbocycles. The van der Waals surface area contributed by atoms with Crippen molar-refractivity contribution < 1.29 is 19.0 Å². The summed E-state index contributed by atoms with van der Waals surface area (Å²) in [5.41, 5.74) is 6.22. The van der Waals surface area contributed by atoms with Crippen LogP contribution in [0.15, 0.2) is 0 Å². The Bertz CT molecular complexity index is 393. The Kier molecular flexibility index (Phi) is 8.93. The highest BCUT2D eigenvalue weighted by Gasteiger charge is 2.32. The molecule has 2 atom stereocenters. The summed E-state index contributed by atoms with van der Waals surface area (Å²) in [4.78, 5) is 14.5. The molecule has 146 valence electrons. The van der Waals surface area contributed by atoms with Crippen molar-refractivity contribution in [3.05, 3.63) is 0 Å². The maximum atomic E-state index is 12.6. The molecule has 0 radical (unpaired) electrons. The molecular formula is C18H33ClN2O4. The van der Waals surface area contributed by atoms with Gasteiger partial charge in [-0.25, -0.2) is 0 Å². The third-order valence-corrected chi connectivity index (χ3v) is 5.60. The van der Waals surface area contributed by atoms with Gasteiger partial charge in [-0.05, 0) is 50.9 Å². The molecule has 0 aromatic rings. The van der Waals surface area contributed by atoms with Crippen LogP contribution < -0.4 is 5.73 Å². The van der Waals surface area contributed by atoms with Crippen LogP contribution in [0, 0.1) is 5.92 Å². The molecule has 0 aliphatic carbocycles. The maximum Gasteiger partial charge on any atom is 0.239 e. The fourth-order valence-electron chi connectivity index (χ4n) is 3.91. The zero-order valence-electron chi connectivity index (χ0n) is 15.1. The highest BCUT2D eigenvalue weighted by atomic mass is 35.5. The van der Waals surface area contributed by atoms with Gasteiger partial charge in [-0.15, -0.1) is 12.4 Å². The van der Waals surface area contributed by atoms with E-state index in [9.17, 15) is 4.79 Å². The maximum absolute atomic E-state index is 12.6. The van der Waals surface area contributed by atoms with E-state index in [1.54, 1.807) is 0 Å². The van der Waals surface area contributed by atoms with Crippen LogP contribution in [0.4, 0.5) is 0 Å². The Morgan fingerprint density at radius 3 is 2.44 bits per heavy atom. The summed E-state index contributed by atoms with van der Waals surface area (Å²) in [6.07, 6.45) is 7.63. The molecule has 2 unspecified atom stereocenters. The second-order valence-corrected chi connectivity index (χ2v) is 7.32. The molecule has 0 bridgehead atoms. The minimum atomic E-state index is -0.373. The summed E-state index contributed by atoms with van der Waals surface area (Å²) in [6.45, 7) is 4.53. The molecule has 0 aromatic heterocycles. The second kappa shape index (κ2) is 10.7. The predicted molar refractivity (Wildman–Crippen MR) is 97.9 cm³/mol. The SMILES string of the molecule is Cl.NC(C(=O)N1CCC(OCC2CCCCO2)CC1)C1CCOCC1. The van der Waals surface area contributed by atoms with E-state index in [2.05, 4.69) is 0 Å². The zero-order chi connectivity index (χ0) is 16.8. The van der Waals surface area contributed by atoms with E-state index in [1.165, 1.54) is 12.8 Å². The van der Waals surface area contributed by atoms with Crippen molar-refractivity contribution in [1.29, 1.82) is 0 Å². The lowest BCUT2D eigenvalue weighted by Crippen LogP contribution is -2.52. The molecule has 3 aliphatic heterocycles. The van der Waals surface area contributed by atoms with Crippen molar-refractivity contribution in [2.75, 3.05) is 39.5 Å². The number of likely N-dealkylation sites (tertiary alicyclic amines) is 1. The average molecular weight is 377 g/mol. The van der Waals surface area contributed by atoms with Gasteiger partial charge in [0.05, 0.1) is 24.9 Å². The van der Waals surface area contributed by atoms with Gasteiger partial charge in [0.1, 0.15) is 0 Å². The fourth-order valence-corrected chi connectivity index (χ4v) is 3.91. The van der Waals surface area contributed by atoms with Crippen LogP contribution >= 0.6 is 12.4 Å². The van der Waals surface area contributed by atoms with Crippen LogP contribution in [-0.4, -0.2) is 68.6 Å². The number of hydrogen-bond donors (Lipinski definition) is 1. The Morgan fingerprint density at radius 2 is 1.80 bits per heavy atom. The van der Waals surface area contributed by atoms with Crippen LogP contribution in [0.25, 0.3) is 0 Å². The summed E-state index contributed by atoms with van der Waals surface area (Å²) in [5, 5.41) is 0. The first-order chi connectivity index (χ1) is 11.7. The molecule has 1 amide bonds. The number of nitrogens with zero attached hydrogens (tertiary/aromatic N) is 1. The quantitative estimate of drug-likeness (QED) is 0.791. The Balaban J connectivity index is 0.00000225. The van der Waals surface area contributed by atoms with Crippen molar-refractivity contribution >= 4 is 18.3 Å². The first-order valence-corrected chi connectivity index (χ1v) is 9.59. The summed E-state index contributed by atoms with van der Waals surface area (Å²) < 4.78 is 17.1. The Hall–Kier alpha value is -0.400. The average Bonchev–Trinajstić information content (AvgIpc) is 2.67. The topological polar surface area (TPSA) is 74.0 Å². The number of halogens is 1. The third kappa shape index (κ3) is 6.07. The van der Waals surface area contributed by atoms with Gasteiger partial charge < -0.3 is 24.8 Å². The Morgan fingerprint density at radius 1 is 1.08 bits per heavy atom. The molecule has 6 nitrogen and oxygen atoms in total. The van der Waals surface area contributed by atoms with Crippen LogP contribution in [0.1, 0.15) is 44.9 Å². The molecule has 3 aliphatic rings. The van der Waals surface area contributed by atoms with Crippen LogP contribution in [0.3, 0.4) is 0 Å². The minimum Gasteiger partial charge on any atom is -0.381 e. The standard InChI is InChI=1S/C18H32N2O4.ClH/c19-17(14-6-11-22-12-7-14)18(21)20-8-4-15(5-9-20)24-13-16-3-1-2-10-23-16;/h14-17H,1-13,19H2;1H. The number of carbonyl (C=O) groups is 1. The van der Waals surface area contributed by atoms with E-state index >= 15 is 0 Å². The number of rotatable bonds is 5. The molecule has 7 heteroatoms. The molecule has 3 rings (SSSR count). The summed E-state index contributed by atoms with van der Waals surface area (Å²) >= 11 is 0. The van der Waals surface area contributed by atoms with E-state index in [4.69, 9.17) is 19.9 Å². The summed E-state index contributed by atoms with van der Waals surface area (Å²) in [7, 11) is 0. The van der Waals surface area contributed by atoms with Gasteiger partial charge in [-0.1, -0.05) is 0 Å². The van der Waals surface area contributed by atoms with Crippen molar-refractivity contribution in [1.82, 2.24) is 4.90 Å². The van der Waals surface area contributed by atoms with E-state index in [0.29, 0.717) is 6.61 Å². The van der Waals surface area contributed by atoms with E-state index in [-0.39, 0.29) is 42.5 Å². The highest BCUT2D eigenvalue weighted by Crippen LogP contribution is 2.22. The first kappa shape index (κ1) is 20.9. The minimum absolute atomic E-state index is 0. The van der Waals surface area contributed by atoms with E-state index < -0.39 is 0 Å². The summed E-state index contributed by atoms with van der Waals surface area (Å²) in [6, 6.07) is -0.373. The monoisotopic (exact) mass is 376 g/mol. The van der Waals surface area contributed by atoms with Gasteiger partial charge in [0.15, 0.2) is 0 Å². The van der Waals surface area contributed by atoms with E-state index in [1.807, 2.05) is 4.90 Å². The number of ether oxygens (including phenoxy) is 3. The lowest BCUT2D eigenvalue weighted by Gasteiger charge is -2.36. The van der Waals surface area contributed by atoms with Gasteiger partial charge in [-0.3, -0.25) is 4.79 Å². The number of nitrogens with two attached hydrogens (primary N) is 1. The van der Waals surface area contributed by atoms with Crippen molar-refractivity contribution in [3.8, 4) is 0 Å². The van der Waals surface area contributed by atoms with Gasteiger partial charge in [-0.2, -0.15) is 0 Å². The molecule has 3 heterocycles. The predicted octanol–water partition coefficient (Wildman–Crippen LogP) is 1.74. The molecule has 3 fully saturated rings. The van der Waals surface area contributed by atoms with Crippen molar-refractivity contribution in [2.24, 2.45) is 11.7 Å². The van der Waals surface area contributed by atoms with Crippen molar-refractivity contribution in [2.45, 2.75) is 63.2 Å². The number of piperidine rings is 1. The smallest absolute Gasteiger partial charge is 0.239 e. The van der Waals surface area contributed by atoms with Gasteiger partial charge >= 0.3 is 0 Å². The fraction of sp³-hybridized carbons (Fsp3) is 0.944. The molecule has 25 heavy (non-hydrogen) atoms. The number of hydrogen-bond acceptors (Lipinski definition) is 5. The lowest BCUT2D eigenvalue weighted by molar-refractivity contribution is -0.138. The first-order valence-electron chi connectivity index (χ1n) is 9.59. The zero-order valence-corrected chi connectivity index (χ0v) is 15.9. The highest BCUT2D eigenvalue weighted by molar-refractivity contribution is 5.85. The number of amides is 1. The number of carbonyl (C=O) groups excluding carboxylic acids is 1. The third-order valence-electron chi connectivity index (χ3n) is 5.60. The molecule has 3 saturated heterocycles. The van der Waals surface area contributed by atoms with Gasteiger partial charge in [0, 0.05) is 32.9 Å². The normalized spacial score (nSPS) is 27.6. The van der Waals surface area contributed by atoms with Crippen LogP contribution in [-0.2, 0) is 19.0 Å². The molecular weight excluding hydrogens is 344 g/mol. The molecule has 0 saturated carbocycles. The van der Waals surface area contributed by atoms with Gasteiger partial charge in [0.25, 0.3) is 0 Å². The van der Waals surface area contributed by atoms with Crippen molar-refractivity contribution in [3.63, 3.8) is 0 Å². The van der Waals surface area contributed by atoms with E-state index in [0.717, 1.165) is 65.0 Å². The molecule has 2 N–H and O–H groups in total. The van der Waals surface area contributed by atoms with Crippen LogP contribution in [0.5, 0.6) is 0 Å². The lowest BCUT2D eigenvalue weighted by atomic mass is 9.91. The van der Waals surface area contributed by atoms with Gasteiger partial charge in [0.2, 0.25) is 5.91 Å². The van der Waals surface area contributed by atoms with Crippen LogP contribution in [0.2, 0.25) is 0 Å². The second-order valence-electron chi connectivity index (χ2n) is 7.32. The Labute approximate surface area is 157 Å². The largest absolute Gasteiger partial charge is 0.381 e. The summed E-state index contributed by atoms with van der Waals surface area (Å²) in [5.74, 6) is 0.375.